The fourth-order valence-electron chi connectivity index (χ4n) is 4.53. The Balaban J connectivity index is 1.73. The maximum absolute atomic E-state index is 13.0. The van der Waals surface area contributed by atoms with Gasteiger partial charge in [0.2, 0.25) is 0 Å². The molecule has 138 valence electrons. The van der Waals surface area contributed by atoms with Crippen LogP contribution in [0, 0.1) is 18.8 Å². The molecule has 1 amide bonds. The zero-order chi connectivity index (χ0) is 18.1. The Labute approximate surface area is 150 Å². The lowest BCUT2D eigenvalue weighted by molar-refractivity contribution is -0.0209. The van der Waals surface area contributed by atoms with Crippen LogP contribution < -0.4 is 4.74 Å². The number of nitrogens with zero attached hydrogens (tertiary/aromatic N) is 2. The van der Waals surface area contributed by atoms with Gasteiger partial charge in [0.05, 0.1) is 13.2 Å². The maximum Gasteiger partial charge on any atom is 0.254 e. The van der Waals surface area contributed by atoms with E-state index in [0.29, 0.717) is 17.9 Å². The van der Waals surface area contributed by atoms with Crippen LogP contribution in [0.15, 0.2) is 18.2 Å². The highest BCUT2D eigenvalue weighted by Crippen LogP contribution is 2.39. The van der Waals surface area contributed by atoms with E-state index in [1.54, 1.807) is 14.2 Å². The Morgan fingerprint density at radius 1 is 1.16 bits per heavy atom. The van der Waals surface area contributed by atoms with Crippen molar-refractivity contribution in [1.29, 1.82) is 0 Å². The highest BCUT2D eigenvalue weighted by molar-refractivity contribution is 5.96. The number of hydrogen-bond acceptors (Lipinski definition) is 4. The number of likely N-dealkylation sites (N-methyl/N-ethyl adjacent to an activating group) is 1. The third-order valence-electron chi connectivity index (χ3n) is 6.00. The topological polar surface area (TPSA) is 42.0 Å². The molecule has 1 heterocycles. The SMILES string of the molecule is COc1ccc(C(=O)N2C[C@H]3C[C@@H](N(C)C)[C@H](OC)C[C@H]3C2)c(C)c1. The number of aryl methyl sites for hydroxylation is 1. The Bertz CT molecular complexity index is 631. The summed E-state index contributed by atoms with van der Waals surface area (Å²) >= 11 is 0. The molecule has 1 saturated heterocycles. The second-order valence-electron chi connectivity index (χ2n) is 7.69. The molecule has 25 heavy (non-hydrogen) atoms. The molecule has 5 heteroatoms. The summed E-state index contributed by atoms with van der Waals surface area (Å²) in [5.74, 6) is 2.05. The maximum atomic E-state index is 13.0. The van der Waals surface area contributed by atoms with Crippen molar-refractivity contribution in [3.63, 3.8) is 0 Å². The molecular weight excluding hydrogens is 316 g/mol. The lowest BCUT2D eigenvalue weighted by Gasteiger charge is -2.40. The largest absolute Gasteiger partial charge is 0.497 e. The minimum absolute atomic E-state index is 0.143. The summed E-state index contributed by atoms with van der Waals surface area (Å²) in [5, 5.41) is 0. The molecular formula is C20H30N2O3. The summed E-state index contributed by atoms with van der Waals surface area (Å²) in [6, 6.07) is 6.12. The molecule has 1 aliphatic carbocycles. The molecule has 0 spiro atoms. The molecule has 3 rings (SSSR count). The Hall–Kier alpha value is -1.59. The second-order valence-corrected chi connectivity index (χ2v) is 7.69. The van der Waals surface area contributed by atoms with Crippen LogP contribution in [0.4, 0.5) is 0 Å². The molecule has 0 N–H and O–H groups in total. The van der Waals surface area contributed by atoms with Crippen molar-refractivity contribution in [3.05, 3.63) is 29.3 Å². The Morgan fingerprint density at radius 3 is 2.40 bits per heavy atom. The van der Waals surface area contributed by atoms with Crippen molar-refractivity contribution >= 4 is 5.91 Å². The van der Waals surface area contributed by atoms with Crippen LogP contribution in [0.5, 0.6) is 5.75 Å². The number of ether oxygens (including phenoxy) is 2. The lowest BCUT2D eigenvalue weighted by Crippen LogP contribution is -2.47. The van der Waals surface area contributed by atoms with Crippen LogP contribution in [0.3, 0.4) is 0 Å². The molecule has 1 aromatic carbocycles. The number of methoxy groups -OCH3 is 2. The van der Waals surface area contributed by atoms with Gasteiger partial charge in [-0.05, 0) is 69.5 Å². The van der Waals surface area contributed by atoms with Crippen LogP contribution in [0.2, 0.25) is 0 Å². The van der Waals surface area contributed by atoms with Crippen molar-refractivity contribution in [2.75, 3.05) is 41.4 Å². The summed E-state index contributed by atoms with van der Waals surface area (Å²) in [7, 11) is 7.69. The monoisotopic (exact) mass is 346 g/mol. The van der Waals surface area contributed by atoms with Crippen LogP contribution in [-0.4, -0.2) is 69.3 Å². The highest BCUT2D eigenvalue weighted by Gasteiger charge is 2.44. The van der Waals surface area contributed by atoms with E-state index in [0.717, 1.165) is 42.8 Å². The predicted molar refractivity (Wildman–Crippen MR) is 98.1 cm³/mol. The first-order valence-electron chi connectivity index (χ1n) is 9.07. The number of likely N-dealkylation sites (tertiary alicyclic amines) is 1. The highest BCUT2D eigenvalue weighted by atomic mass is 16.5. The summed E-state index contributed by atoms with van der Waals surface area (Å²) in [6.45, 7) is 3.67. The number of fused-ring (bicyclic) bond motifs is 1. The summed E-state index contributed by atoms with van der Waals surface area (Å²) in [4.78, 5) is 17.3. The van der Waals surface area contributed by atoms with E-state index in [-0.39, 0.29) is 12.0 Å². The number of amides is 1. The minimum atomic E-state index is 0.143. The minimum Gasteiger partial charge on any atom is -0.497 e. The van der Waals surface area contributed by atoms with E-state index in [1.165, 1.54) is 0 Å². The van der Waals surface area contributed by atoms with Crippen LogP contribution in [0.1, 0.15) is 28.8 Å². The number of rotatable bonds is 4. The van der Waals surface area contributed by atoms with E-state index in [1.807, 2.05) is 30.0 Å². The molecule has 2 aliphatic rings. The third-order valence-corrected chi connectivity index (χ3v) is 6.00. The van der Waals surface area contributed by atoms with Crippen LogP contribution in [0.25, 0.3) is 0 Å². The molecule has 2 fully saturated rings. The van der Waals surface area contributed by atoms with E-state index in [9.17, 15) is 4.79 Å². The van der Waals surface area contributed by atoms with Crippen molar-refractivity contribution < 1.29 is 14.3 Å². The van der Waals surface area contributed by atoms with Gasteiger partial charge in [0.25, 0.3) is 5.91 Å². The average molecular weight is 346 g/mol. The number of carbonyl (C=O) groups is 1. The second kappa shape index (κ2) is 7.34. The predicted octanol–water partition coefficient (Wildman–Crippen LogP) is 2.43. The number of hydrogen-bond donors (Lipinski definition) is 0. The molecule has 1 saturated carbocycles. The zero-order valence-electron chi connectivity index (χ0n) is 16.0. The van der Waals surface area contributed by atoms with Gasteiger partial charge in [-0.25, -0.2) is 0 Å². The average Bonchev–Trinajstić information content (AvgIpc) is 3.02. The van der Waals surface area contributed by atoms with Gasteiger partial charge >= 0.3 is 0 Å². The smallest absolute Gasteiger partial charge is 0.254 e. The van der Waals surface area contributed by atoms with Gasteiger partial charge in [0, 0.05) is 31.8 Å². The van der Waals surface area contributed by atoms with Gasteiger partial charge in [-0.3, -0.25) is 4.79 Å². The van der Waals surface area contributed by atoms with Gasteiger partial charge in [0.1, 0.15) is 5.75 Å². The van der Waals surface area contributed by atoms with E-state index < -0.39 is 0 Å². The van der Waals surface area contributed by atoms with E-state index in [2.05, 4.69) is 19.0 Å². The van der Waals surface area contributed by atoms with Crippen LogP contribution in [-0.2, 0) is 4.74 Å². The van der Waals surface area contributed by atoms with Gasteiger partial charge < -0.3 is 19.3 Å². The van der Waals surface area contributed by atoms with E-state index in [4.69, 9.17) is 9.47 Å². The van der Waals surface area contributed by atoms with Crippen molar-refractivity contribution in [2.24, 2.45) is 11.8 Å². The van der Waals surface area contributed by atoms with Gasteiger partial charge in [-0.15, -0.1) is 0 Å². The molecule has 0 radical (unpaired) electrons. The van der Waals surface area contributed by atoms with Crippen molar-refractivity contribution in [1.82, 2.24) is 9.80 Å². The molecule has 0 bridgehead atoms. The van der Waals surface area contributed by atoms with Crippen molar-refractivity contribution in [2.45, 2.75) is 31.9 Å². The molecule has 4 atom stereocenters. The quantitative estimate of drug-likeness (QED) is 0.840. The first kappa shape index (κ1) is 18.2. The fourth-order valence-corrected chi connectivity index (χ4v) is 4.53. The lowest BCUT2D eigenvalue weighted by atomic mass is 9.77. The van der Waals surface area contributed by atoms with Gasteiger partial charge in [-0.2, -0.15) is 0 Å². The summed E-state index contributed by atoms with van der Waals surface area (Å²) < 4.78 is 11.0. The fraction of sp³-hybridized carbons (Fsp3) is 0.650. The standard InChI is InChI=1S/C20H30N2O3/c1-13-8-16(24-4)6-7-17(13)20(23)22-11-14-9-18(21(2)3)19(25-5)10-15(14)12-22/h6-8,14-15,18-19H,9-12H2,1-5H3/t14-,15+,18-,19-/m1/s1. The van der Waals surface area contributed by atoms with Gasteiger partial charge in [-0.1, -0.05) is 0 Å². The normalized spacial score (nSPS) is 29.0. The molecule has 1 aromatic rings. The Morgan fingerprint density at radius 2 is 1.84 bits per heavy atom. The molecule has 1 aliphatic heterocycles. The number of carbonyl (C=O) groups excluding carboxylic acids is 1. The van der Waals surface area contributed by atoms with Crippen molar-refractivity contribution in [3.8, 4) is 5.75 Å². The zero-order valence-corrected chi connectivity index (χ0v) is 16.0. The number of benzene rings is 1. The summed E-state index contributed by atoms with van der Waals surface area (Å²) in [5.41, 5.74) is 1.76. The van der Waals surface area contributed by atoms with E-state index >= 15 is 0 Å². The van der Waals surface area contributed by atoms with Crippen LogP contribution >= 0.6 is 0 Å². The van der Waals surface area contributed by atoms with Gasteiger partial charge in [0.15, 0.2) is 0 Å². The summed E-state index contributed by atoms with van der Waals surface area (Å²) in [6.07, 6.45) is 2.39. The first-order chi connectivity index (χ1) is 11.9. The first-order valence-corrected chi connectivity index (χ1v) is 9.07. The molecule has 0 unspecified atom stereocenters. The molecule has 0 aromatic heterocycles. The Kier molecular flexibility index (Phi) is 5.35. The third kappa shape index (κ3) is 3.53. The molecule has 5 nitrogen and oxygen atoms in total.